The molecular weight excluding hydrogens is 947 g/mol. The average Bonchev–Trinajstić information content (AvgIpc) is 3.92. The van der Waals surface area contributed by atoms with Crippen LogP contribution in [0.4, 0.5) is 26.3 Å². The molecule has 364 valence electrons. The van der Waals surface area contributed by atoms with E-state index in [1.807, 2.05) is 62.4 Å². The normalized spacial score (nSPS) is 12.1. The lowest BCUT2D eigenvalue weighted by Gasteiger charge is -2.07. The van der Waals surface area contributed by atoms with Crippen LogP contribution < -0.4 is 44.5 Å². The van der Waals surface area contributed by atoms with Gasteiger partial charge >= 0.3 is 12.4 Å². The highest BCUT2D eigenvalue weighted by Crippen LogP contribution is 2.30. The summed E-state index contributed by atoms with van der Waals surface area (Å²) >= 11 is 0. The molecule has 4 aromatic heterocycles. The Morgan fingerprint density at radius 2 is 0.542 bits per heavy atom. The van der Waals surface area contributed by atoms with Gasteiger partial charge in [-0.05, 0) is 97.5 Å². The zero-order valence-electron chi connectivity index (χ0n) is 38.1. The molecule has 12 nitrogen and oxygen atoms in total. The largest absolute Gasteiger partial charge is 0.416 e. The number of aromatic nitrogens is 4. The van der Waals surface area contributed by atoms with Crippen molar-refractivity contribution in [3.63, 3.8) is 0 Å². The van der Waals surface area contributed by atoms with Crippen molar-refractivity contribution in [3.8, 4) is 0 Å². The third-order valence-corrected chi connectivity index (χ3v) is 12.9. The van der Waals surface area contributed by atoms with E-state index < -0.39 is 68.0 Å². The molecule has 0 spiro atoms. The quantitative estimate of drug-likeness (QED) is 0.132. The lowest BCUT2D eigenvalue weighted by molar-refractivity contribution is -0.138. The number of nitrogens with zero attached hydrogens (tertiary/aromatic N) is 4. The van der Waals surface area contributed by atoms with Gasteiger partial charge in [-0.1, -0.05) is 83.9 Å². The van der Waals surface area contributed by atoms with Crippen molar-refractivity contribution in [2.45, 2.75) is 65.2 Å². The lowest BCUT2D eigenvalue weighted by atomic mass is 10.1. The molecule has 18 heteroatoms. The maximum Gasteiger partial charge on any atom is 0.416 e. The van der Waals surface area contributed by atoms with Crippen molar-refractivity contribution in [2.75, 3.05) is 0 Å². The van der Waals surface area contributed by atoms with Crippen molar-refractivity contribution in [2.24, 2.45) is 0 Å². The van der Waals surface area contributed by atoms with Gasteiger partial charge in [0, 0.05) is 13.1 Å². The number of alkyl halides is 6. The molecule has 0 N–H and O–H groups in total. The predicted molar refractivity (Wildman–Crippen MR) is 261 cm³/mol. The first-order valence-electron chi connectivity index (χ1n) is 22.3. The predicted octanol–water partition coefficient (Wildman–Crippen LogP) is 7.06. The highest BCUT2D eigenvalue weighted by Gasteiger charge is 2.31. The van der Waals surface area contributed by atoms with Crippen LogP contribution in [0.5, 0.6) is 0 Å². The first-order valence-corrected chi connectivity index (χ1v) is 22.3. The van der Waals surface area contributed by atoms with Crippen molar-refractivity contribution in [1.82, 2.24) is 18.3 Å². The topological polar surface area (TPSA) is 156 Å². The van der Waals surface area contributed by atoms with E-state index in [0.29, 0.717) is 17.5 Å². The van der Waals surface area contributed by atoms with Crippen molar-refractivity contribution in [1.29, 1.82) is 0 Å². The van der Waals surface area contributed by atoms with Crippen molar-refractivity contribution in [3.05, 3.63) is 249 Å². The van der Waals surface area contributed by atoms with Crippen LogP contribution in [0.1, 0.15) is 44.5 Å². The minimum Gasteiger partial charge on any atom is -0.274 e. The van der Waals surface area contributed by atoms with Gasteiger partial charge in [-0.3, -0.25) is 56.6 Å². The Balaban J connectivity index is 0.000000178. The van der Waals surface area contributed by atoms with Crippen LogP contribution in [0.2, 0.25) is 0 Å². The third kappa shape index (κ3) is 9.06. The first-order chi connectivity index (χ1) is 34.1. The number of aryl methyl sites for hydroxylation is 4. The molecule has 10 aromatic rings. The minimum atomic E-state index is -4.50. The van der Waals surface area contributed by atoms with Crippen LogP contribution in [-0.2, 0) is 51.4 Å². The maximum atomic E-state index is 13.0. The van der Waals surface area contributed by atoms with Gasteiger partial charge in [0.1, 0.15) is 0 Å². The first kappa shape index (κ1) is 48.5. The molecule has 4 heterocycles. The summed E-state index contributed by atoms with van der Waals surface area (Å²) in [4.78, 5) is 104. The zero-order valence-corrected chi connectivity index (χ0v) is 38.1. The average molecular weight is 985 g/mol. The molecular formula is C54H38F6N4O8. The summed E-state index contributed by atoms with van der Waals surface area (Å²) in [5, 5.41) is 0.293. The summed E-state index contributed by atoms with van der Waals surface area (Å²) in [7, 11) is 0. The van der Waals surface area contributed by atoms with Gasteiger partial charge in [0.25, 0.3) is 44.5 Å². The molecule has 6 aromatic carbocycles. The van der Waals surface area contributed by atoms with E-state index in [0.717, 1.165) is 64.8 Å². The highest BCUT2D eigenvalue weighted by atomic mass is 19.4. The monoisotopic (exact) mass is 984 g/mol. The number of halogens is 6. The van der Waals surface area contributed by atoms with Gasteiger partial charge in [0.15, 0.2) is 0 Å². The summed E-state index contributed by atoms with van der Waals surface area (Å²) in [5.41, 5.74) is -1.62. The fraction of sp³-hybridized carbons (Fsp3) is 0.185. The molecule has 0 bridgehead atoms. The van der Waals surface area contributed by atoms with E-state index in [4.69, 9.17) is 0 Å². The molecule has 10 rings (SSSR count). The highest BCUT2D eigenvalue weighted by molar-refractivity contribution is 5.99. The van der Waals surface area contributed by atoms with Crippen LogP contribution in [0.15, 0.2) is 160 Å². The Kier molecular flexibility index (Phi) is 12.3. The molecule has 0 aliphatic carbocycles. The molecule has 0 fully saturated rings. The van der Waals surface area contributed by atoms with Crippen LogP contribution in [-0.4, -0.2) is 18.3 Å². The molecule has 0 aliphatic rings. The Hall–Kier alpha value is -8.54. The summed E-state index contributed by atoms with van der Waals surface area (Å²) in [6.07, 6.45) is -8.32. The van der Waals surface area contributed by atoms with E-state index >= 15 is 0 Å². The number of hydrogen-bond acceptors (Lipinski definition) is 8. The van der Waals surface area contributed by atoms with E-state index in [-0.39, 0.29) is 75.7 Å². The van der Waals surface area contributed by atoms with E-state index in [1.54, 1.807) is 0 Å². The molecule has 0 amide bonds. The maximum absolute atomic E-state index is 13.0. The molecule has 0 aliphatic heterocycles. The van der Waals surface area contributed by atoms with Gasteiger partial charge in [0.2, 0.25) is 0 Å². The molecule has 0 radical (unpaired) electrons. The fourth-order valence-electron chi connectivity index (χ4n) is 8.80. The summed E-state index contributed by atoms with van der Waals surface area (Å²) in [6.45, 7) is 3.82. The van der Waals surface area contributed by atoms with Gasteiger partial charge in [0.05, 0.1) is 67.3 Å². The van der Waals surface area contributed by atoms with Gasteiger partial charge in [-0.15, -0.1) is 0 Å². The Morgan fingerprint density at radius 1 is 0.319 bits per heavy atom. The summed E-state index contributed by atoms with van der Waals surface area (Å²) in [6, 6.07) is 28.9. The van der Waals surface area contributed by atoms with Gasteiger partial charge < -0.3 is 0 Å². The Labute approximate surface area is 400 Å². The van der Waals surface area contributed by atoms with Crippen LogP contribution in [0.3, 0.4) is 0 Å². The molecule has 0 unspecified atom stereocenters. The van der Waals surface area contributed by atoms with Crippen molar-refractivity contribution >= 4 is 43.1 Å². The Morgan fingerprint density at radius 3 is 0.806 bits per heavy atom. The van der Waals surface area contributed by atoms with Gasteiger partial charge in [-0.25, -0.2) is 0 Å². The van der Waals surface area contributed by atoms with Gasteiger partial charge in [-0.2, -0.15) is 26.3 Å². The van der Waals surface area contributed by atoms with E-state index in [9.17, 15) is 64.7 Å². The third-order valence-electron chi connectivity index (χ3n) is 12.9. The second-order valence-electron chi connectivity index (χ2n) is 17.7. The minimum absolute atomic E-state index is 0.0148. The lowest BCUT2D eigenvalue weighted by Crippen LogP contribution is -2.27. The number of rotatable bonds is 10. The fourth-order valence-corrected chi connectivity index (χ4v) is 8.80. The summed E-state index contributed by atoms with van der Waals surface area (Å²) in [5.74, 6) is 0. The van der Waals surface area contributed by atoms with Crippen LogP contribution >= 0.6 is 0 Å². The van der Waals surface area contributed by atoms with Crippen LogP contribution in [0, 0.1) is 13.8 Å². The Bertz CT molecular complexity index is 4030. The summed E-state index contributed by atoms with van der Waals surface area (Å²) < 4.78 is 80.8. The number of hydrogen-bond donors (Lipinski definition) is 0. The molecule has 0 saturated heterocycles. The second kappa shape index (κ2) is 18.3. The van der Waals surface area contributed by atoms with E-state index in [2.05, 4.69) is 0 Å². The smallest absolute Gasteiger partial charge is 0.274 e. The molecule has 72 heavy (non-hydrogen) atoms. The molecule has 0 atom stereocenters. The van der Waals surface area contributed by atoms with Crippen LogP contribution in [0.25, 0.3) is 43.1 Å². The SMILES string of the molecule is Cc1ccc(CCn2c(=O)c3cc4c(=O)n(CCc5ccc(C(F)(F)F)cc5)c(=O)c4cc3c2=O)cc1.Cc1ccc(Cn2c(=O)c3cc4c(=O)n(Cc5ccc(C(F)(F)F)cc5)c(=O)c4cc3c2=O)cc1. The standard InChI is InChI=1S/C28H21F3N2O4.C26H17F3N2O4/c1-16-2-4-17(5-3-16)10-12-32-24(34)20-14-22-23(15-21(20)25(32)35)27(37)33(26(22)36)13-11-18-6-8-19(9-7-18)28(29,30)31;1-14-2-4-15(5-3-14)12-30-22(32)18-10-20-21(11-19(18)23(30)33)25(35)31(24(20)34)13-16-6-8-17(9-7-16)26(27,28)29/h2-9,14-15H,10-13H2,1H3;2-11H,12-13H2,1H3. The second-order valence-corrected chi connectivity index (χ2v) is 17.7. The zero-order chi connectivity index (χ0) is 51.6. The van der Waals surface area contributed by atoms with E-state index in [1.165, 1.54) is 48.5 Å². The number of benzene rings is 6. The number of fused-ring (bicyclic) bond motifs is 4. The molecule has 0 saturated carbocycles. The van der Waals surface area contributed by atoms with Crippen molar-refractivity contribution < 1.29 is 26.3 Å².